The first kappa shape index (κ1) is 22.7. The number of ether oxygens (including phenoxy) is 3. The summed E-state index contributed by atoms with van der Waals surface area (Å²) in [6.07, 6.45) is 3.54. The lowest BCUT2D eigenvalue weighted by atomic mass is 9.92. The van der Waals surface area contributed by atoms with Crippen molar-refractivity contribution in [3.63, 3.8) is 0 Å². The molecule has 0 fully saturated rings. The molecule has 1 aliphatic rings. The molecule has 1 aliphatic carbocycles. The van der Waals surface area contributed by atoms with Crippen molar-refractivity contribution in [1.29, 1.82) is 0 Å². The molecule has 0 bridgehead atoms. The van der Waals surface area contributed by atoms with Crippen molar-refractivity contribution in [2.24, 2.45) is 0 Å². The molecular weight excluding hydrogens is 418 g/mol. The summed E-state index contributed by atoms with van der Waals surface area (Å²) in [5.74, 6) is 0.800. The van der Waals surface area contributed by atoms with Crippen LogP contribution in [0, 0.1) is 0 Å². The molecule has 1 amide bonds. The van der Waals surface area contributed by atoms with Gasteiger partial charge in [-0.3, -0.25) is 14.4 Å². The van der Waals surface area contributed by atoms with E-state index in [1.807, 2.05) is 12.3 Å². The Labute approximate surface area is 185 Å². The smallest absolute Gasteiger partial charge is 0.217 e. The maximum absolute atomic E-state index is 12.8. The number of nitrogens with one attached hydrogen (secondary N) is 1. The highest BCUT2D eigenvalue weighted by atomic mass is 32.2. The first-order valence-corrected chi connectivity index (χ1v) is 10.9. The van der Waals surface area contributed by atoms with Gasteiger partial charge in [0.1, 0.15) is 0 Å². The van der Waals surface area contributed by atoms with Crippen LogP contribution in [0.1, 0.15) is 40.9 Å². The standard InChI is InChI=1S/C23H25NO6S/c1-12(26)24-17-8-6-14-16(11-25)21(28-2)23(30-4)22(29-3)20(14)13-7-9-19(31-5)18(27)10-15(13)17/h7,9-11,17H,6,8H2,1-5H3,(H,24,26). The summed E-state index contributed by atoms with van der Waals surface area (Å²) in [4.78, 5) is 37.4. The van der Waals surface area contributed by atoms with Crippen molar-refractivity contribution >= 4 is 24.0 Å². The molecule has 0 spiro atoms. The van der Waals surface area contributed by atoms with Gasteiger partial charge in [0.2, 0.25) is 11.7 Å². The average molecular weight is 444 g/mol. The molecule has 2 aromatic rings. The van der Waals surface area contributed by atoms with Crippen LogP contribution in [0.2, 0.25) is 0 Å². The van der Waals surface area contributed by atoms with Crippen molar-refractivity contribution in [1.82, 2.24) is 5.32 Å². The molecule has 1 unspecified atom stereocenters. The second-order valence-electron chi connectivity index (χ2n) is 7.06. The molecule has 3 rings (SSSR count). The molecule has 1 N–H and O–H groups in total. The van der Waals surface area contributed by atoms with E-state index < -0.39 is 6.04 Å². The van der Waals surface area contributed by atoms with Crippen LogP contribution >= 0.6 is 11.8 Å². The second kappa shape index (κ2) is 9.43. The predicted octanol–water partition coefficient (Wildman–Crippen LogP) is 3.40. The van der Waals surface area contributed by atoms with Gasteiger partial charge in [0.25, 0.3) is 0 Å². The zero-order valence-electron chi connectivity index (χ0n) is 18.2. The number of carbonyl (C=O) groups excluding carboxylic acids is 2. The third-order valence-electron chi connectivity index (χ3n) is 5.41. The largest absolute Gasteiger partial charge is 0.492 e. The summed E-state index contributed by atoms with van der Waals surface area (Å²) in [7, 11) is 4.46. The minimum Gasteiger partial charge on any atom is -0.492 e. The Kier molecular flexibility index (Phi) is 6.90. The number of methoxy groups -OCH3 is 3. The Morgan fingerprint density at radius 1 is 1.13 bits per heavy atom. The summed E-state index contributed by atoms with van der Waals surface area (Å²) < 4.78 is 16.8. The fraction of sp³-hybridized carbons (Fsp3) is 0.348. The second-order valence-corrected chi connectivity index (χ2v) is 7.90. The van der Waals surface area contributed by atoms with Gasteiger partial charge in [-0.25, -0.2) is 0 Å². The molecule has 31 heavy (non-hydrogen) atoms. The van der Waals surface area contributed by atoms with E-state index in [1.54, 1.807) is 12.1 Å². The van der Waals surface area contributed by atoms with Gasteiger partial charge in [-0.1, -0.05) is 6.07 Å². The number of hydrogen-bond acceptors (Lipinski definition) is 7. The van der Waals surface area contributed by atoms with Gasteiger partial charge < -0.3 is 19.5 Å². The van der Waals surface area contributed by atoms with Crippen molar-refractivity contribution in [3.8, 4) is 28.4 Å². The highest BCUT2D eigenvalue weighted by Gasteiger charge is 2.32. The Hall–Kier alpha value is -3.00. The van der Waals surface area contributed by atoms with Crippen LogP contribution in [-0.4, -0.2) is 39.8 Å². The van der Waals surface area contributed by atoms with E-state index in [-0.39, 0.29) is 11.3 Å². The molecule has 7 nitrogen and oxygen atoms in total. The van der Waals surface area contributed by atoms with E-state index in [9.17, 15) is 14.4 Å². The molecular formula is C23H25NO6S. The number of rotatable bonds is 6. The molecule has 0 radical (unpaired) electrons. The zero-order valence-corrected chi connectivity index (χ0v) is 19.0. The number of hydrogen-bond donors (Lipinski definition) is 1. The van der Waals surface area contributed by atoms with Gasteiger partial charge in [-0.15, -0.1) is 11.8 Å². The van der Waals surface area contributed by atoms with Crippen molar-refractivity contribution in [2.75, 3.05) is 27.6 Å². The molecule has 0 aliphatic heterocycles. The lowest BCUT2D eigenvalue weighted by molar-refractivity contribution is -0.119. The average Bonchev–Trinajstić information content (AvgIpc) is 3.00. The molecule has 0 aromatic heterocycles. The van der Waals surface area contributed by atoms with Gasteiger partial charge in [-0.05, 0) is 47.9 Å². The predicted molar refractivity (Wildman–Crippen MR) is 120 cm³/mol. The van der Waals surface area contributed by atoms with Crippen LogP contribution in [0.5, 0.6) is 17.2 Å². The molecule has 2 aromatic carbocycles. The van der Waals surface area contributed by atoms with Gasteiger partial charge in [0.15, 0.2) is 23.2 Å². The fourth-order valence-corrected chi connectivity index (χ4v) is 4.62. The molecule has 1 atom stereocenters. The molecule has 0 heterocycles. The third-order valence-corrected chi connectivity index (χ3v) is 6.19. The van der Waals surface area contributed by atoms with E-state index in [0.717, 1.165) is 11.8 Å². The third kappa shape index (κ3) is 3.99. The van der Waals surface area contributed by atoms with Crippen LogP contribution in [0.4, 0.5) is 0 Å². The van der Waals surface area contributed by atoms with Gasteiger partial charge >= 0.3 is 0 Å². The molecule has 0 saturated heterocycles. The van der Waals surface area contributed by atoms with Crippen LogP contribution in [0.3, 0.4) is 0 Å². The van der Waals surface area contributed by atoms with E-state index in [1.165, 1.54) is 40.0 Å². The monoisotopic (exact) mass is 443 g/mol. The number of carbonyl (C=O) groups is 2. The summed E-state index contributed by atoms with van der Waals surface area (Å²) in [6, 6.07) is 4.75. The first-order valence-electron chi connectivity index (χ1n) is 9.71. The molecule has 164 valence electrons. The Morgan fingerprint density at radius 3 is 2.35 bits per heavy atom. The number of amides is 1. The number of benzene rings is 1. The van der Waals surface area contributed by atoms with E-state index in [0.29, 0.717) is 57.2 Å². The zero-order chi connectivity index (χ0) is 22.7. The lowest BCUT2D eigenvalue weighted by Crippen LogP contribution is -2.26. The minimum absolute atomic E-state index is 0.136. The maximum Gasteiger partial charge on any atom is 0.217 e. The van der Waals surface area contributed by atoms with E-state index >= 15 is 0 Å². The lowest BCUT2D eigenvalue weighted by Gasteiger charge is -2.21. The van der Waals surface area contributed by atoms with E-state index in [4.69, 9.17) is 14.2 Å². The van der Waals surface area contributed by atoms with Gasteiger partial charge in [0.05, 0.1) is 37.8 Å². The van der Waals surface area contributed by atoms with Crippen molar-refractivity contribution < 1.29 is 23.8 Å². The van der Waals surface area contributed by atoms with Crippen LogP contribution in [0.15, 0.2) is 27.9 Å². The van der Waals surface area contributed by atoms with Crippen molar-refractivity contribution in [3.05, 3.63) is 45.1 Å². The topological polar surface area (TPSA) is 90.9 Å². The normalized spacial score (nSPS) is 14.5. The Morgan fingerprint density at radius 2 is 1.81 bits per heavy atom. The van der Waals surface area contributed by atoms with Gasteiger partial charge in [-0.2, -0.15) is 0 Å². The fourth-order valence-electron chi connectivity index (χ4n) is 4.15. The van der Waals surface area contributed by atoms with E-state index in [2.05, 4.69) is 5.32 Å². The summed E-state index contributed by atoms with van der Waals surface area (Å²) >= 11 is 1.35. The quantitative estimate of drug-likeness (QED) is 0.540. The Balaban J connectivity index is 2.51. The van der Waals surface area contributed by atoms with Crippen molar-refractivity contribution in [2.45, 2.75) is 30.7 Å². The highest BCUT2D eigenvalue weighted by Crippen LogP contribution is 2.52. The first-order chi connectivity index (χ1) is 14.9. The molecule has 0 saturated carbocycles. The SMILES string of the molecule is COc1c(C=O)c2c(c(OC)c1OC)-c1ccc(SC)c(=O)cc1C(NC(C)=O)CC2. The highest BCUT2D eigenvalue weighted by molar-refractivity contribution is 7.98. The maximum atomic E-state index is 12.8. The number of fused-ring (bicyclic) bond motifs is 3. The number of thioether (sulfide) groups is 1. The summed E-state index contributed by atoms with van der Waals surface area (Å²) in [5.41, 5.74) is 2.98. The molecule has 8 heteroatoms. The van der Waals surface area contributed by atoms with Gasteiger partial charge in [0, 0.05) is 12.5 Å². The number of aldehydes is 1. The minimum atomic E-state index is -0.407. The Bertz CT molecular complexity index is 1100. The summed E-state index contributed by atoms with van der Waals surface area (Å²) in [5, 5.41) is 2.95. The van der Waals surface area contributed by atoms with Crippen LogP contribution < -0.4 is 25.0 Å². The van der Waals surface area contributed by atoms with Crippen LogP contribution in [-0.2, 0) is 11.2 Å². The van der Waals surface area contributed by atoms with Crippen LogP contribution in [0.25, 0.3) is 11.1 Å². The summed E-state index contributed by atoms with van der Waals surface area (Å²) in [6.45, 7) is 1.44.